The number of carbonyl (C=O) groups is 1. The second-order valence-electron chi connectivity index (χ2n) is 9.68. The van der Waals surface area contributed by atoms with Gasteiger partial charge in [-0.25, -0.2) is 8.78 Å². The van der Waals surface area contributed by atoms with Gasteiger partial charge in [-0.15, -0.1) is 0 Å². The Morgan fingerprint density at radius 1 is 0.941 bits per heavy atom. The summed E-state index contributed by atoms with van der Waals surface area (Å²) < 4.78 is 44.8. The topological polar surface area (TPSA) is 68.6 Å². The number of nitriles is 1. The Balaban J connectivity index is 1.31. The zero-order valence-electron chi connectivity index (χ0n) is 20.2. The Bertz CT molecular complexity index is 801. The molecule has 188 valence electrons. The van der Waals surface area contributed by atoms with Crippen molar-refractivity contribution in [3.8, 4) is 11.8 Å². The zero-order chi connectivity index (χ0) is 24.3. The summed E-state index contributed by atoms with van der Waals surface area (Å²) in [4.78, 5) is 12.4. The molecule has 0 heterocycles. The van der Waals surface area contributed by atoms with Crippen LogP contribution in [-0.4, -0.2) is 31.4 Å². The molecular formula is C27H37F2NO4. The SMILES string of the molecule is CCCCCCO[C@H]1CC[C@H](CO[C@H]2CC[C@H](C(=O)Oc3cc(F)c(C#N)c(F)c3)CC2)CC1. The molecule has 1 aromatic rings. The van der Waals surface area contributed by atoms with Crippen molar-refractivity contribution in [2.75, 3.05) is 13.2 Å². The number of rotatable bonds is 11. The van der Waals surface area contributed by atoms with Crippen molar-refractivity contribution in [2.45, 2.75) is 96.2 Å². The van der Waals surface area contributed by atoms with E-state index >= 15 is 0 Å². The van der Waals surface area contributed by atoms with E-state index in [1.807, 2.05) is 0 Å². The number of hydrogen-bond acceptors (Lipinski definition) is 5. The van der Waals surface area contributed by atoms with Gasteiger partial charge in [-0.2, -0.15) is 5.26 Å². The van der Waals surface area contributed by atoms with E-state index in [1.165, 1.54) is 25.3 Å². The monoisotopic (exact) mass is 477 g/mol. The number of hydrogen-bond donors (Lipinski definition) is 0. The van der Waals surface area contributed by atoms with Crippen molar-refractivity contribution in [2.24, 2.45) is 11.8 Å². The lowest BCUT2D eigenvalue weighted by atomic mass is 9.86. The summed E-state index contributed by atoms with van der Waals surface area (Å²) in [5.41, 5.74) is -0.680. The van der Waals surface area contributed by atoms with E-state index in [0.717, 1.165) is 70.3 Å². The van der Waals surface area contributed by atoms with Gasteiger partial charge >= 0.3 is 5.97 Å². The van der Waals surface area contributed by atoms with Gasteiger partial charge in [0.05, 0.1) is 18.1 Å². The lowest BCUT2D eigenvalue weighted by Crippen LogP contribution is -2.31. The first-order valence-corrected chi connectivity index (χ1v) is 12.8. The summed E-state index contributed by atoms with van der Waals surface area (Å²) in [7, 11) is 0. The molecule has 0 bridgehead atoms. The van der Waals surface area contributed by atoms with Gasteiger partial charge in [-0.3, -0.25) is 4.79 Å². The average molecular weight is 478 g/mol. The van der Waals surface area contributed by atoms with Crippen molar-refractivity contribution >= 4 is 5.97 Å². The second kappa shape index (κ2) is 13.7. The predicted molar refractivity (Wildman–Crippen MR) is 124 cm³/mol. The van der Waals surface area contributed by atoms with Gasteiger partial charge in [-0.1, -0.05) is 26.2 Å². The van der Waals surface area contributed by atoms with E-state index in [2.05, 4.69) is 6.92 Å². The number of ether oxygens (including phenoxy) is 3. The highest BCUT2D eigenvalue weighted by atomic mass is 19.1. The molecule has 0 atom stereocenters. The molecule has 0 aliphatic heterocycles. The smallest absolute Gasteiger partial charge is 0.314 e. The number of carbonyl (C=O) groups excluding carboxylic acids is 1. The van der Waals surface area contributed by atoms with Crippen LogP contribution in [0.2, 0.25) is 0 Å². The molecule has 0 radical (unpaired) electrons. The van der Waals surface area contributed by atoms with Gasteiger partial charge in [0.2, 0.25) is 0 Å². The Morgan fingerprint density at radius 3 is 2.18 bits per heavy atom. The van der Waals surface area contributed by atoms with Crippen molar-refractivity contribution in [3.05, 3.63) is 29.3 Å². The highest BCUT2D eigenvalue weighted by Crippen LogP contribution is 2.31. The molecule has 0 amide bonds. The Kier molecular flexibility index (Phi) is 10.7. The molecule has 2 aliphatic rings. The Morgan fingerprint density at radius 2 is 1.56 bits per heavy atom. The molecular weight excluding hydrogens is 440 g/mol. The van der Waals surface area contributed by atoms with Crippen LogP contribution in [0.15, 0.2) is 12.1 Å². The number of benzene rings is 1. The standard InChI is InChI=1S/C27H37F2NO4/c1-2-3-4-5-14-32-21-10-6-19(7-11-21)18-33-22-12-8-20(9-13-22)27(31)34-23-15-25(28)24(17-30)26(29)16-23/h15-16,19-22H,2-14,18H2,1H3/t19-,20-,21-,22-. The summed E-state index contributed by atoms with van der Waals surface area (Å²) in [6.45, 7) is 3.86. The molecule has 2 aliphatic carbocycles. The van der Waals surface area contributed by atoms with Crippen LogP contribution in [0.1, 0.15) is 89.5 Å². The van der Waals surface area contributed by atoms with Crippen LogP contribution < -0.4 is 4.74 Å². The van der Waals surface area contributed by atoms with Crippen molar-refractivity contribution in [1.82, 2.24) is 0 Å². The van der Waals surface area contributed by atoms with Crippen molar-refractivity contribution in [3.63, 3.8) is 0 Å². The quantitative estimate of drug-likeness (QED) is 0.207. The third-order valence-electron chi connectivity index (χ3n) is 7.07. The van der Waals surface area contributed by atoms with Gasteiger partial charge in [0.1, 0.15) is 29.0 Å². The van der Waals surface area contributed by atoms with E-state index < -0.39 is 23.2 Å². The third-order valence-corrected chi connectivity index (χ3v) is 7.07. The van der Waals surface area contributed by atoms with Gasteiger partial charge in [0.15, 0.2) is 0 Å². The molecule has 0 spiro atoms. The molecule has 3 rings (SSSR count). The van der Waals surface area contributed by atoms with Crippen LogP contribution in [0.3, 0.4) is 0 Å². The lowest BCUT2D eigenvalue weighted by Gasteiger charge is -2.31. The highest BCUT2D eigenvalue weighted by molar-refractivity contribution is 5.75. The second-order valence-corrected chi connectivity index (χ2v) is 9.68. The molecule has 7 heteroatoms. The molecule has 0 N–H and O–H groups in total. The maximum absolute atomic E-state index is 13.7. The first-order chi connectivity index (χ1) is 16.5. The summed E-state index contributed by atoms with van der Waals surface area (Å²) in [5, 5.41) is 8.74. The first-order valence-electron chi connectivity index (χ1n) is 12.8. The lowest BCUT2D eigenvalue weighted by molar-refractivity contribution is -0.141. The molecule has 5 nitrogen and oxygen atoms in total. The predicted octanol–water partition coefficient (Wildman–Crippen LogP) is 6.47. The fraction of sp³-hybridized carbons (Fsp3) is 0.704. The van der Waals surface area contributed by atoms with Crippen LogP contribution in [0, 0.1) is 34.8 Å². The van der Waals surface area contributed by atoms with E-state index in [-0.39, 0.29) is 17.8 Å². The fourth-order valence-electron chi connectivity index (χ4n) is 4.90. The van der Waals surface area contributed by atoms with Gasteiger partial charge < -0.3 is 14.2 Å². The number of unbranched alkanes of at least 4 members (excludes halogenated alkanes) is 3. The number of nitrogens with zero attached hydrogens (tertiary/aromatic N) is 1. The summed E-state index contributed by atoms with van der Waals surface area (Å²) in [6.07, 6.45) is 12.8. The summed E-state index contributed by atoms with van der Waals surface area (Å²) in [6, 6.07) is 3.20. The number of esters is 1. The van der Waals surface area contributed by atoms with Crippen LogP contribution in [0.4, 0.5) is 8.78 Å². The maximum atomic E-state index is 13.7. The van der Waals surface area contributed by atoms with Crippen LogP contribution in [0.25, 0.3) is 0 Å². The van der Waals surface area contributed by atoms with E-state index in [9.17, 15) is 13.6 Å². The molecule has 0 aromatic heterocycles. The normalized spacial score (nSPS) is 25.0. The van der Waals surface area contributed by atoms with Gasteiger partial charge in [0, 0.05) is 25.3 Å². The Hall–Kier alpha value is -2.04. The molecule has 0 unspecified atom stereocenters. The van der Waals surface area contributed by atoms with Crippen LogP contribution >= 0.6 is 0 Å². The summed E-state index contributed by atoms with van der Waals surface area (Å²) in [5.74, 6) is -2.51. The zero-order valence-corrected chi connectivity index (χ0v) is 20.2. The minimum atomic E-state index is -1.03. The fourth-order valence-corrected chi connectivity index (χ4v) is 4.90. The first kappa shape index (κ1) is 26.6. The number of halogens is 2. The minimum Gasteiger partial charge on any atom is -0.426 e. The molecule has 0 saturated heterocycles. The van der Waals surface area contributed by atoms with E-state index in [1.54, 1.807) is 0 Å². The maximum Gasteiger partial charge on any atom is 0.314 e. The molecule has 2 saturated carbocycles. The van der Waals surface area contributed by atoms with Crippen molar-refractivity contribution < 1.29 is 27.8 Å². The Labute approximate surface area is 201 Å². The third kappa shape index (κ3) is 8.02. The summed E-state index contributed by atoms with van der Waals surface area (Å²) >= 11 is 0. The molecule has 34 heavy (non-hydrogen) atoms. The van der Waals surface area contributed by atoms with Crippen molar-refractivity contribution in [1.29, 1.82) is 5.26 Å². The molecule has 2 fully saturated rings. The largest absolute Gasteiger partial charge is 0.426 e. The highest BCUT2D eigenvalue weighted by Gasteiger charge is 2.30. The molecule has 1 aromatic carbocycles. The van der Waals surface area contributed by atoms with E-state index in [4.69, 9.17) is 19.5 Å². The average Bonchev–Trinajstić information content (AvgIpc) is 2.83. The van der Waals surface area contributed by atoms with Gasteiger partial charge in [-0.05, 0) is 63.7 Å². The minimum absolute atomic E-state index is 0.140. The van der Waals surface area contributed by atoms with Crippen LogP contribution in [-0.2, 0) is 14.3 Å². The van der Waals surface area contributed by atoms with Crippen LogP contribution in [0.5, 0.6) is 5.75 Å². The van der Waals surface area contributed by atoms with Gasteiger partial charge in [0.25, 0.3) is 0 Å². The van der Waals surface area contributed by atoms with E-state index in [0.29, 0.717) is 24.9 Å².